The molecule has 4 nitrogen and oxygen atoms in total. The second-order valence-electron chi connectivity index (χ2n) is 5.13. The molecule has 1 rings (SSSR count). The number of carbonyl (C=O) groups excluding carboxylic acids is 1. The van der Waals surface area contributed by atoms with Gasteiger partial charge in [0.1, 0.15) is 5.75 Å². The van der Waals surface area contributed by atoms with Gasteiger partial charge in [-0.25, -0.2) is 0 Å². The number of methoxy groups -OCH3 is 1. The van der Waals surface area contributed by atoms with Crippen molar-refractivity contribution < 1.29 is 9.53 Å². The van der Waals surface area contributed by atoms with Crippen LogP contribution < -0.4 is 10.5 Å². The summed E-state index contributed by atoms with van der Waals surface area (Å²) in [5.74, 6) is 1.13. The van der Waals surface area contributed by atoms with Crippen LogP contribution in [0.2, 0.25) is 0 Å². The summed E-state index contributed by atoms with van der Waals surface area (Å²) in [6.45, 7) is 8.07. The highest BCUT2D eigenvalue weighted by Crippen LogP contribution is 2.26. The number of nitrogens with zero attached hydrogens (tertiary/aromatic N) is 1. The molecule has 0 bridgehead atoms. The van der Waals surface area contributed by atoms with Gasteiger partial charge in [-0.3, -0.25) is 4.79 Å². The molecule has 1 aromatic carbocycles. The van der Waals surface area contributed by atoms with Crippen molar-refractivity contribution in [2.24, 2.45) is 5.73 Å². The third-order valence-corrected chi connectivity index (χ3v) is 3.98. The molecule has 0 aliphatic carbocycles. The summed E-state index contributed by atoms with van der Waals surface area (Å²) in [6.07, 6.45) is 1.37. The zero-order valence-electron chi connectivity index (χ0n) is 13.7. The normalized spacial score (nSPS) is 12.0. The molecule has 2 N–H and O–H groups in total. The van der Waals surface area contributed by atoms with Gasteiger partial charge in [0, 0.05) is 25.4 Å². The summed E-state index contributed by atoms with van der Waals surface area (Å²) in [7, 11) is 1.68. The maximum atomic E-state index is 12.3. The Balaban J connectivity index is 2.92. The van der Waals surface area contributed by atoms with Crippen LogP contribution in [0.3, 0.4) is 0 Å². The molecule has 0 aliphatic heterocycles. The first-order valence-electron chi connectivity index (χ1n) is 7.75. The molecular formula is C17H28N2O2. The second-order valence-corrected chi connectivity index (χ2v) is 5.13. The van der Waals surface area contributed by atoms with Gasteiger partial charge < -0.3 is 15.4 Å². The molecule has 118 valence electrons. The quantitative estimate of drug-likeness (QED) is 0.801. The standard InChI is InChI=1S/C17H28N2O2/c1-5-13-10-14(8-9-16(13)21-4)15(12-18)11-17(20)19(6-2)7-3/h8-10,15H,5-7,11-12,18H2,1-4H3. The summed E-state index contributed by atoms with van der Waals surface area (Å²) in [6, 6.07) is 6.11. The molecule has 0 radical (unpaired) electrons. The van der Waals surface area contributed by atoms with E-state index in [0.29, 0.717) is 13.0 Å². The van der Waals surface area contributed by atoms with Crippen molar-refractivity contribution >= 4 is 5.91 Å². The molecule has 0 aliphatic rings. The number of ether oxygens (including phenoxy) is 1. The van der Waals surface area contributed by atoms with E-state index in [2.05, 4.69) is 13.0 Å². The third kappa shape index (κ3) is 4.46. The van der Waals surface area contributed by atoms with Gasteiger partial charge in [0.15, 0.2) is 0 Å². The fourth-order valence-electron chi connectivity index (χ4n) is 2.58. The summed E-state index contributed by atoms with van der Waals surface area (Å²) in [5.41, 5.74) is 8.17. The zero-order valence-corrected chi connectivity index (χ0v) is 13.7. The van der Waals surface area contributed by atoms with Gasteiger partial charge >= 0.3 is 0 Å². The van der Waals surface area contributed by atoms with Crippen molar-refractivity contribution in [3.8, 4) is 5.75 Å². The lowest BCUT2D eigenvalue weighted by molar-refractivity contribution is -0.131. The number of benzene rings is 1. The van der Waals surface area contributed by atoms with Crippen molar-refractivity contribution in [1.82, 2.24) is 4.90 Å². The average molecular weight is 292 g/mol. The van der Waals surface area contributed by atoms with Crippen LogP contribution in [-0.4, -0.2) is 37.6 Å². The van der Waals surface area contributed by atoms with Crippen LogP contribution in [0, 0.1) is 0 Å². The predicted molar refractivity (Wildman–Crippen MR) is 86.7 cm³/mol. The Morgan fingerprint density at radius 2 is 1.95 bits per heavy atom. The fraction of sp³-hybridized carbons (Fsp3) is 0.588. The lowest BCUT2D eigenvalue weighted by Gasteiger charge is -2.23. The number of aryl methyl sites for hydroxylation is 1. The van der Waals surface area contributed by atoms with Gasteiger partial charge in [-0.15, -0.1) is 0 Å². The van der Waals surface area contributed by atoms with Crippen LogP contribution in [0.15, 0.2) is 18.2 Å². The Morgan fingerprint density at radius 3 is 2.43 bits per heavy atom. The van der Waals surface area contributed by atoms with Crippen LogP contribution >= 0.6 is 0 Å². The van der Waals surface area contributed by atoms with E-state index in [9.17, 15) is 4.79 Å². The molecule has 0 fully saturated rings. The maximum absolute atomic E-state index is 12.3. The van der Waals surface area contributed by atoms with Crippen LogP contribution in [0.5, 0.6) is 5.75 Å². The molecule has 1 unspecified atom stereocenters. The Morgan fingerprint density at radius 1 is 1.29 bits per heavy atom. The molecule has 0 saturated heterocycles. The first-order chi connectivity index (χ1) is 10.1. The topological polar surface area (TPSA) is 55.6 Å². The molecular weight excluding hydrogens is 264 g/mol. The Kier molecular flexibility index (Phi) is 7.23. The van der Waals surface area contributed by atoms with Crippen LogP contribution in [-0.2, 0) is 11.2 Å². The predicted octanol–water partition coefficient (Wildman–Crippen LogP) is 2.56. The molecule has 0 saturated carbocycles. The minimum absolute atomic E-state index is 0.0642. The molecule has 1 aromatic rings. The first-order valence-corrected chi connectivity index (χ1v) is 7.75. The molecule has 21 heavy (non-hydrogen) atoms. The summed E-state index contributed by atoms with van der Waals surface area (Å²) < 4.78 is 5.35. The summed E-state index contributed by atoms with van der Waals surface area (Å²) in [4.78, 5) is 14.1. The van der Waals surface area contributed by atoms with E-state index in [-0.39, 0.29) is 11.8 Å². The SMILES string of the molecule is CCc1cc(C(CN)CC(=O)N(CC)CC)ccc1OC. The van der Waals surface area contributed by atoms with E-state index in [1.807, 2.05) is 30.9 Å². The van der Waals surface area contributed by atoms with Crippen LogP contribution in [0.1, 0.15) is 44.2 Å². The highest BCUT2D eigenvalue weighted by atomic mass is 16.5. The Labute approximate surface area is 128 Å². The molecule has 0 heterocycles. The van der Waals surface area contributed by atoms with Gasteiger partial charge in [0.25, 0.3) is 0 Å². The number of rotatable bonds is 8. The first kappa shape index (κ1) is 17.5. The highest BCUT2D eigenvalue weighted by molar-refractivity contribution is 5.77. The van der Waals surface area contributed by atoms with Crippen molar-refractivity contribution in [3.05, 3.63) is 29.3 Å². The minimum Gasteiger partial charge on any atom is -0.496 e. The average Bonchev–Trinajstić information content (AvgIpc) is 2.53. The van der Waals surface area contributed by atoms with Crippen molar-refractivity contribution in [2.45, 2.75) is 39.5 Å². The van der Waals surface area contributed by atoms with Crippen molar-refractivity contribution in [3.63, 3.8) is 0 Å². The van der Waals surface area contributed by atoms with Gasteiger partial charge in [0.05, 0.1) is 7.11 Å². The maximum Gasteiger partial charge on any atom is 0.223 e. The molecule has 0 aromatic heterocycles. The minimum atomic E-state index is 0.0642. The van der Waals surface area contributed by atoms with E-state index >= 15 is 0 Å². The highest BCUT2D eigenvalue weighted by Gasteiger charge is 2.19. The number of hydrogen-bond acceptors (Lipinski definition) is 3. The van der Waals surface area contributed by atoms with Gasteiger partial charge in [-0.1, -0.05) is 19.1 Å². The van der Waals surface area contributed by atoms with E-state index in [0.717, 1.165) is 36.4 Å². The third-order valence-electron chi connectivity index (χ3n) is 3.98. The number of amides is 1. The molecule has 0 spiro atoms. The lowest BCUT2D eigenvalue weighted by atomic mass is 9.93. The van der Waals surface area contributed by atoms with Gasteiger partial charge in [0.2, 0.25) is 5.91 Å². The molecule has 4 heteroatoms. The monoisotopic (exact) mass is 292 g/mol. The summed E-state index contributed by atoms with van der Waals surface area (Å²) >= 11 is 0. The second kappa shape index (κ2) is 8.67. The van der Waals surface area contributed by atoms with Gasteiger partial charge in [-0.05, 0) is 44.0 Å². The number of carbonyl (C=O) groups is 1. The Bertz CT molecular complexity index is 456. The smallest absolute Gasteiger partial charge is 0.223 e. The van der Waals surface area contributed by atoms with E-state index in [1.165, 1.54) is 0 Å². The van der Waals surface area contributed by atoms with Crippen LogP contribution in [0.25, 0.3) is 0 Å². The number of hydrogen-bond donors (Lipinski definition) is 1. The summed E-state index contributed by atoms with van der Waals surface area (Å²) in [5, 5.41) is 0. The Hall–Kier alpha value is -1.55. The zero-order chi connectivity index (χ0) is 15.8. The fourth-order valence-corrected chi connectivity index (χ4v) is 2.58. The lowest BCUT2D eigenvalue weighted by Crippen LogP contribution is -2.32. The van der Waals surface area contributed by atoms with E-state index in [1.54, 1.807) is 7.11 Å². The van der Waals surface area contributed by atoms with Gasteiger partial charge in [-0.2, -0.15) is 0 Å². The van der Waals surface area contributed by atoms with Crippen molar-refractivity contribution in [2.75, 3.05) is 26.7 Å². The van der Waals surface area contributed by atoms with Crippen LogP contribution in [0.4, 0.5) is 0 Å². The number of nitrogens with two attached hydrogens (primary N) is 1. The van der Waals surface area contributed by atoms with Crippen molar-refractivity contribution in [1.29, 1.82) is 0 Å². The molecule has 1 amide bonds. The molecule has 1 atom stereocenters. The van der Waals surface area contributed by atoms with E-state index < -0.39 is 0 Å². The largest absolute Gasteiger partial charge is 0.496 e. The van der Waals surface area contributed by atoms with E-state index in [4.69, 9.17) is 10.5 Å².